The molecule has 1 fully saturated rings. The number of hydrogen-bond acceptors (Lipinski definition) is 2. The highest BCUT2D eigenvalue weighted by atomic mass is 28.3. The van der Waals surface area contributed by atoms with Crippen molar-refractivity contribution in [3.8, 4) is 11.5 Å². The van der Waals surface area contributed by atoms with Gasteiger partial charge in [0.15, 0.2) is 0 Å². The second-order valence-electron chi connectivity index (χ2n) is 7.12. The van der Waals surface area contributed by atoms with Crippen molar-refractivity contribution in [3.63, 3.8) is 0 Å². The molecular weight excluding hydrogens is 268 g/mol. The van der Waals surface area contributed by atoms with E-state index in [9.17, 15) is 9.59 Å². The second-order valence-corrected chi connectivity index (χ2v) is 12.1. The maximum absolute atomic E-state index is 11.7. The highest BCUT2D eigenvalue weighted by molar-refractivity contribution is 6.87. The highest BCUT2D eigenvalue weighted by Gasteiger charge is 2.34. The maximum atomic E-state index is 11.7. The zero-order valence-corrected chi connectivity index (χ0v) is 14.2. The lowest BCUT2D eigenvalue weighted by Crippen LogP contribution is -2.45. The van der Waals surface area contributed by atoms with E-state index in [1.165, 1.54) is 0 Å². The fraction of sp³-hybridized carbons (Fsp3) is 0.733. The summed E-state index contributed by atoms with van der Waals surface area (Å²) in [6.07, 6.45) is 2.13. The summed E-state index contributed by atoms with van der Waals surface area (Å²) in [7, 11) is -1.68. The average Bonchev–Trinajstić information content (AvgIpc) is 3.09. The van der Waals surface area contributed by atoms with Gasteiger partial charge in [0, 0.05) is 12.3 Å². The van der Waals surface area contributed by atoms with Crippen LogP contribution in [0.5, 0.6) is 0 Å². The van der Waals surface area contributed by atoms with Crippen LogP contribution in [0.1, 0.15) is 40.0 Å². The van der Waals surface area contributed by atoms with E-state index in [1.807, 2.05) is 0 Å². The average molecular weight is 294 g/mol. The molecule has 0 unspecified atom stereocenters. The topological polar surface area (TPSA) is 72.2 Å². The molecule has 0 saturated heterocycles. The van der Waals surface area contributed by atoms with Crippen molar-refractivity contribution in [3.05, 3.63) is 0 Å². The van der Waals surface area contributed by atoms with Crippen molar-refractivity contribution in [2.24, 2.45) is 11.7 Å². The van der Waals surface area contributed by atoms with Gasteiger partial charge in [-0.05, 0) is 17.9 Å². The van der Waals surface area contributed by atoms with Gasteiger partial charge in [0.2, 0.25) is 11.8 Å². The smallest absolute Gasteiger partial charge is 0.240 e. The minimum atomic E-state index is -1.68. The molecule has 1 aliphatic rings. The van der Waals surface area contributed by atoms with Crippen LogP contribution in [0.25, 0.3) is 0 Å². The first-order chi connectivity index (χ1) is 9.04. The molecule has 0 aromatic carbocycles. The first kappa shape index (κ1) is 16.8. The van der Waals surface area contributed by atoms with E-state index in [-0.39, 0.29) is 16.9 Å². The number of rotatable bonds is 4. The van der Waals surface area contributed by atoms with Crippen LogP contribution >= 0.6 is 0 Å². The summed E-state index contributed by atoms with van der Waals surface area (Å²) in [5.74, 6) is 2.57. The lowest BCUT2D eigenvalue weighted by molar-refractivity contribution is -0.128. The van der Waals surface area contributed by atoms with Crippen molar-refractivity contribution >= 4 is 19.9 Å². The molecule has 0 aromatic heterocycles. The SMILES string of the molecule is CC(C)(C)[Si](C)(C)C#CC[C@@H](NC(=O)C1CC1)C(N)=O. The first-order valence-corrected chi connectivity index (χ1v) is 10.1. The van der Waals surface area contributed by atoms with E-state index < -0.39 is 20.0 Å². The lowest BCUT2D eigenvalue weighted by atomic mass is 10.2. The molecule has 112 valence electrons. The Morgan fingerprint density at radius 2 is 1.90 bits per heavy atom. The Bertz CT molecular complexity index is 451. The van der Waals surface area contributed by atoms with Crippen LogP contribution in [0.2, 0.25) is 18.1 Å². The second kappa shape index (κ2) is 6.00. The normalized spacial score (nSPS) is 16.9. The van der Waals surface area contributed by atoms with Gasteiger partial charge >= 0.3 is 0 Å². The molecule has 1 saturated carbocycles. The Morgan fingerprint density at radius 3 is 2.30 bits per heavy atom. The van der Waals surface area contributed by atoms with E-state index in [0.717, 1.165) is 12.8 Å². The van der Waals surface area contributed by atoms with Gasteiger partial charge < -0.3 is 11.1 Å². The van der Waals surface area contributed by atoms with Crippen molar-refractivity contribution in [1.29, 1.82) is 0 Å². The van der Waals surface area contributed by atoms with E-state index in [2.05, 4.69) is 50.6 Å². The third kappa shape index (κ3) is 4.68. The lowest BCUT2D eigenvalue weighted by Gasteiger charge is -2.31. The van der Waals surface area contributed by atoms with Crippen LogP contribution in [0.4, 0.5) is 0 Å². The van der Waals surface area contributed by atoms with Crippen LogP contribution < -0.4 is 11.1 Å². The standard InChI is InChI=1S/C15H26N2O2Si/c1-15(2,3)20(4,5)10-6-7-12(13(16)18)17-14(19)11-8-9-11/h11-12H,7-9H2,1-5H3,(H2,16,18)(H,17,19)/t12-/m1/s1. The van der Waals surface area contributed by atoms with Gasteiger partial charge in [-0.3, -0.25) is 9.59 Å². The molecule has 0 aromatic rings. The van der Waals surface area contributed by atoms with Crippen molar-refractivity contribution in [1.82, 2.24) is 5.32 Å². The quantitative estimate of drug-likeness (QED) is 0.613. The number of primary amides is 1. The summed E-state index contributed by atoms with van der Waals surface area (Å²) in [6, 6.07) is -0.666. The summed E-state index contributed by atoms with van der Waals surface area (Å²) >= 11 is 0. The van der Waals surface area contributed by atoms with Crippen LogP contribution in [-0.2, 0) is 9.59 Å². The zero-order chi connectivity index (χ0) is 15.6. The van der Waals surface area contributed by atoms with Crippen LogP contribution in [0, 0.1) is 17.4 Å². The molecular formula is C15H26N2O2Si. The molecule has 0 aliphatic heterocycles. The van der Waals surface area contributed by atoms with Gasteiger partial charge in [-0.1, -0.05) is 33.9 Å². The molecule has 1 aliphatic carbocycles. The molecule has 0 heterocycles. The van der Waals surface area contributed by atoms with Crippen molar-refractivity contribution in [2.45, 2.75) is 64.2 Å². The minimum absolute atomic E-state index is 0.0667. The summed E-state index contributed by atoms with van der Waals surface area (Å²) in [5, 5.41) is 2.88. The predicted molar refractivity (Wildman–Crippen MR) is 83.4 cm³/mol. The Morgan fingerprint density at radius 1 is 1.35 bits per heavy atom. The third-order valence-corrected chi connectivity index (χ3v) is 8.74. The molecule has 20 heavy (non-hydrogen) atoms. The highest BCUT2D eigenvalue weighted by Crippen LogP contribution is 2.35. The molecule has 1 rings (SSSR count). The number of nitrogens with one attached hydrogen (secondary N) is 1. The molecule has 1 atom stereocenters. The number of carbonyl (C=O) groups is 2. The van der Waals surface area contributed by atoms with Crippen LogP contribution in [-0.4, -0.2) is 25.9 Å². The van der Waals surface area contributed by atoms with E-state index in [0.29, 0.717) is 6.42 Å². The van der Waals surface area contributed by atoms with Gasteiger partial charge in [0.1, 0.15) is 14.1 Å². The number of carbonyl (C=O) groups excluding carboxylic acids is 2. The fourth-order valence-electron chi connectivity index (χ4n) is 1.42. The predicted octanol–water partition coefficient (Wildman–Crippen LogP) is 1.81. The summed E-state index contributed by atoms with van der Waals surface area (Å²) < 4.78 is 0. The Hall–Kier alpha value is -1.28. The number of amides is 2. The Kier molecular flexibility index (Phi) is 5.03. The molecule has 5 heteroatoms. The van der Waals surface area contributed by atoms with Gasteiger partial charge in [-0.25, -0.2) is 0 Å². The van der Waals surface area contributed by atoms with Gasteiger partial charge in [0.25, 0.3) is 0 Å². The Balaban J connectivity index is 2.64. The largest absolute Gasteiger partial charge is 0.368 e. The number of nitrogens with two attached hydrogens (primary N) is 1. The molecule has 0 spiro atoms. The van der Waals surface area contributed by atoms with E-state index >= 15 is 0 Å². The Labute approximate surface area is 122 Å². The molecule has 0 bridgehead atoms. The molecule has 4 nitrogen and oxygen atoms in total. The molecule has 0 radical (unpaired) electrons. The van der Waals surface area contributed by atoms with Gasteiger partial charge in [-0.2, -0.15) is 0 Å². The first-order valence-electron chi connectivity index (χ1n) is 7.14. The molecule has 3 N–H and O–H groups in total. The van der Waals surface area contributed by atoms with Crippen LogP contribution in [0.3, 0.4) is 0 Å². The summed E-state index contributed by atoms with van der Waals surface area (Å²) in [4.78, 5) is 23.1. The van der Waals surface area contributed by atoms with Crippen LogP contribution in [0.15, 0.2) is 0 Å². The van der Waals surface area contributed by atoms with Gasteiger partial charge in [-0.15, -0.1) is 11.5 Å². The van der Waals surface area contributed by atoms with Crippen molar-refractivity contribution < 1.29 is 9.59 Å². The van der Waals surface area contributed by atoms with E-state index in [1.54, 1.807) is 0 Å². The minimum Gasteiger partial charge on any atom is -0.368 e. The van der Waals surface area contributed by atoms with Crippen molar-refractivity contribution in [2.75, 3.05) is 0 Å². The maximum Gasteiger partial charge on any atom is 0.240 e. The summed E-state index contributed by atoms with van der Waals surface area (Å²) in [5.41, 5.74) is 8.66. The monoisotopic (exact) mass is 294 g/mol. The number of hydrogen-bond donors (Lipinski definition) is 2. The fourth-order valence-corrected chi connectivity index (χ4v) is 2.34. The summed E-state index contributed by atoms with van der Waals surface area (Å²) in [6.45, 7) is 11.0. The third-order valence-electron chi connectivity index (χ3n) is 4.19. The van der Waals surface area contributed by atoms with Gasteiger partial charge in [0.05, 0.1) is 0 Å². The van der Waals surface area contributed by atoms with E-state index in [4.69, 9.17) is 5.73 Å². The molecule has 2 amide bonds. The zero-order valence-electron chi connectivity index (χ0n) is 13.2.